The number of rotatable bonds is 1. The first-order valence-electron chi connectivity index (χ1n) is 6.94. The Kier molecular flexibility index (Phi) is 2.94. The summed E-state index contributed by atoms with van der Waals surface area (Å²) in [5.41, 5.74) is 10.9. The Labute approximate surface area is 114 Å². The molecule has 2 aromatic rings. The van der Waals surface area contributed by atoms with Crippen LogP contribution in [0.25, 0.3) is 11.3 Å². The molecule has 2 heterocycles. The lowest BCUT2D eigenvalue weighted by Gasteiger charge is -2.25. The van der Waals surface area contributed by atoms with Crippen LogP contribution in [0.4, 0.5) is 0 Å². The predicted octanol–water partition coefficient (Wildman–Crippen LogP) is 3.00. The molecule has 3 rings (SSSR count). The Morgan fingerprint density at radius 1 is 1.21 bits per heavy atom. The van der Waals surface area contributed by atoms with Crippen LogP contribution in [0.2, 0.25) is 0 Å². The summed E-state index contributed by atoms with van der Waals surface area (Å²) in [6.45, 7) is 7.36. The highest BCUT2D eigenvalue weighted by atomic mass is 15.1. The van der Waals surface area contributed by atoms with Gasteiger partial charge < -0.3 is 10.3 Å². The third kappa shape index (κ3) is 2.30. The van der Waals surface area contributed by atoms with Gasteiger partial charge in [0.2, 0.25) is 0 Å². The van der Waals surface area contributed by atoms with E-state index in [4.69, 9.17) is 10.7 Å². The minimum atomic E-state index is 0.254. The van der Waals surface area contributed by atoms with E-state index in [1.54, 1.807) is 0 Å². The average Bonchev–Trinajstić information content (AvgIpc) is 2.71. The van der Waals surface area contributed by atoms with Gasteiger partial charge in [-0.25, -0.2) is 4.98 Å². The van der Waals surface area contributed by atoms with Crippen LogP contribution < -0.4 is 5.73 Å². The van der Waals surface area contributed by atoms with Gasteiger partial charge in [-0.3, -0.25) is 0 Å². The molecule has 0 fully saturated rings. The lowest BCUT2D eigenvalue weighted by atomic mass is 9.98. The van der Waals surface area contributed by atoms with Crippen LogP contribution in [0.15, 0.2) is 24.4 Å². The molecule has 0 amide bonds. The van der Waals surface area contributed by atoms with Crippen LogP contribution in [0.5, 0.6) is 0 Å². The highest BCUT2D eigenvalue weighted by Gasteiger charge is 2.24. The Balaban J connectivity index is 2.05. The van der Waals surface area contributed by atoms with E-state index in [1.165, 1.54) is 22.5 Å². The molecule has 0 bridgehead atoms. The van der Waals surface area contributed by atoms with Crippen molar-refractivity contribution in [1.29, 1.82) is 0 Å². The van der Waals surface area contributed by atoms with E-state index in [9.17, 15) is 0 Å². The molecule has 100 valence electrons. The molecular weight excluding hydrogens is 234 g/mol. The SMILES string of the molecule is Cc1cc(C)cc(-c2cn3c(n2)C(C)CC(N)C3)c1. The van der Waals surface area contributed by atoms with Crippen LogP contribution in [-0.4, -0.2) is 15.6 Å². The normalized spacial score (nSPS) is 22.3. The minimum absolute atomic E-state index is 0.254. The molecule has 1 aliphatic heterocycles. The molecular formula is C16H21N3. The van der Waals surface area contributed by atoms with Crippen LogP contribution in [-0.2, 0) is 6.54 Å². The fraction of sp³-hybridized carbons (Fsp3) is 0.438. The van der Waals surface area contributed by atoms with Crippen molar-refractivity contribution >= 4 is 0 Å². The van der Waals surface area contributed by atoms with E-state index in [2.05, 4.69) is 49.7 Å². The zero-order valence-corrected chi connectivity index (χ0v) is 11.9. The summed E-state index contributed by atoms with van der Waals surface area (Å²) < 4.78 is 2.23. The first-order valence-corrected chi connectivity index (χ1v) is 6.94. The largest absolute Gasteiger partial charge is 0.332 e. The highest BCUT2D eigenvalue weighted by Crippen LogP contribution is 2.29. The number of imidazole rings is 1. The second-order valence-electron chi connectivity index (χ2n) is 5.91. The van der Waals surface area contributed by atoms with Gasteiger partial charge in [0.05, 0.1) is 5.69 Å². The summed E-state index contributed by atoms with van der Waals surface area (Å²) in [5, 5.41) is 0. The van der Waals surface area contributed by atoms with Gasteiger partial charge in [0, 0.05) is 30.3 Å². The molecule has 0 radical (unpaired) electrons. The summed E-state index contributed by atoms with van der Waals surface area (Å²) in [6.07, 6.45) is 3.18. The molecule has 3 nitrogen and oxygen atoms in total. The Morgan fingerprint density at radius 2 is 1.89 bits per heavy atom. The standard InChI is InChI=1S/C16H21N3/c1-10-4-11(2)6-13(5-10)15-9-19-8-14(17)7-12(3)16(19)18-15/h4-6,9,12,14H,7-8,17H2,1-3H3. The van der Waals surface area contributed by atoms with E-state index in [-0.39, 0.29) is 6.04 Å². The van der Waals surface area contributed by atoms with Crippen molar-refractivity contribution in [2.24, 2.45) is 5.73 Å². The summed E-state index contributed by atoms with van der Waals surface area (Å²) in [7, 11) is 0. The van der Waals surface area contributed by atoms with E-state index in [0.717, 1.165) is 18.7 Å². The van der Waals surface area contributed by atoms with Gasteiger partial charge >= 0.3 is 0 Å². The Morgan fingerprint density at radius 3 is 2.58 bits per heavy atom. The topological polar surface area (TPSA) is 43.8 Å². The van der Waals surface area contributed by atoms with E-state index < -0.39 is 0 Å². The third-order valence-corrected chi connectivity index (χ3v) is 3.85. The number of aryl methyl sites for hydroxylation is 2. The lowest BCUT2D eigenvalue weighted by molar-refractivity contribution is 0.407. The van der Waals surface area contributed by atoms with Crippen LogP contribution >= 0.6 is 0 Å². The second-order valence-corrected chi connectivity index (χ2v) is 5.91. The lowest BCUT2D eigenvalue weighted by Crippen LogP contribution is -2.33. The van der Waals surface area contributed by atoms with Gasteiger partial charge in [-0.1, -0.05) is 24.1 Å². The molecule has 2 unspecified atom stereocenters. The smallest absolute Gasteiger partial charge is 0.112 e. The maximum absolute atomic E-state index is 6.09. The van der Waals surface area contributed by atoms with Crippen molar-refractivity contribution in [2.45, 2.75) is 45.7 Å². The summed E-state index contributed by atoms with van der Waals surface area (Å²) in [4.78, 5) is 4.83. The number of nitrogens with two attached hydrogens (primary N) is 1. The molecule has 0 spiro atoms. The van der Waals surface area contributed by atoms with Crippen molar-refractivity contribution in [1.82, 2.24) is 9.55 Å². The molecule has 0 saturated heterocycles. The number of hydrogen-bond donors (Lipinski definition) is 1. The molecule has 1 aromatic heterocycles. The summed E-state index contributed by atoms with van der Waals surface area (Å²) in [6, 6.07) is 6.85. The Hall–Kier alpha value is -1.61. The maximum Gasteiger partial charge on any atom is 0.112 e. The molecule has 1 aromatic carbocycles. The van der Waals surface area contributed by atoms with Crippen molar-refractivity contribution in [3.05, 3.63) is 41.3 Å². The highest BCUT2D eigenvalue weighted by molar-refractivity contribution is 5.61. The third-order valence-electron chi connectivity index (χ3n) is 3.85. The number of nitrogens with zero attached hydrogens (tertiary/aromatic N) is 2. The number of benzene rings is 1. The summed E-state index contributed by atoms with van der Waals surface area (Å²) in [5.74, 6) is 1.62. The zero-order chi connectivity index (χ0) is 13.6. The van der Waals surface area contributed by atoms with Crippen molar-refractivity contribution < 1.29 is 0 Å². The van der Waals surface area contributed by atoms with Crippen LogP contribution in [0, 0.1) is 13.8 Å². The van der Waals surface area contributed by atoms with E-state index in [0.29, 0.717) is 5.92 Å². The van der Waals surface area contributed by atoms with Gasteiger partial charge in [0.1, 0.15) is 5.82 Å². The van der Waals surface area contributed by atoms with Gasteiger partial charge in [-0.05, 0) is 32.4 Å². The monoisotopic (exact) mass is 255 g/mol. The Bertz CT molecular complexity index is 592. The van der Waals surface area contributed by atoms with Gasteiger partial charge in [-0.15, -0.1) is 0 Å². The molecule has 1 aliphatic rings. The van der Waals surface area contributed by atoms with Crippen molar-refractivity contribution in [3.8, 4) is 11.3 Å². The maximum atomic E-state index is 6.09. The molecule has 19 heavy (non-hydrogen) atoms. The fourth-order valence-corrected chi connectivity index (χ4v) is 3.12. The van der Waals surface area contributed by atoms with Gasteiger partial charge in [0.15, 0.2) is 0 Å². The van der Waals surface area contributed by atoms with Crippen LogP contribution in [0.1, 0.15) is 36.2 Å². The first-order chi connectivity index (χ1) is 9.02. The number of aromatic nitrogens is 2. The number of hydrogen-bond acceptors (Lipinski definition) is 2. The minimum Gasteiger partial charge on any atom is -0.332 e. The van der Waals surface area contributed by atoms with Gasteiger partial charge in [0.25, 0.3) is 0 Å². The molecule has 3 heteroatoms. The first kappa shape index (κ1) is 12.4. The number of fused-ring (bicyclic) bond motifs is 1. The summed E-state index contributed by atoms with van der Waals surface area (Å²) >= 11 is 0. The van der Waals surface area contributed by atoms with Crippen molar-refractivity contribution in [3.63, 3.8) is 0 Å². The molecule has 2 atom stereocenters. The molecule has 2 N–H and O–H groups in total. The van der Waals surface area contributed by atoms with Crippen molar-refractivity contribution in [2.75, 3.05) is 0 Å². The van der Waals surface area contributed by atoms with Gasteiger partial charge in [-0.2, -0.15) is 0 Å². The van der Waals surface area contributed by atoms with E-state index in [1.807, 2.05) is 0 Å². The molecule has 0 saturated carbocycles. The quantitative estimate of drug-likeness (QED) is 0.851. The van der Waals surface area contributed by atoms with E-state index >= 15 is 0 Å². The molecule has 0 aliphatic carbocycles. The predicted molar refractivity (Wildman–Crippen MR) is 78.1 cm³/mol. The van der Waals surface area contributed by atoms with Crippen LogP contribution in [0.3, 0.4) is 0 Å². The average molecular weight is 255 g/mol. The zero-order valence-electron chi connectivity index (χ0n) is 11.9. The second kappa shape index (κ2) is 4.49. The fourth-order valence-electron chi connectivity index (χ4n) is 3.12.